The molecule has 29 heavy (non-hydrogen) atoms. The highest BCUT2D eigenvalue weighted by atomic mass is 19.4. The Labute approximate surface area is 164 Å². The van der Waals surface area contributed by atoms with Gasteiger partial charge in [0.1, 0.15) is 5.54 Å². The zero-order valence-electron chi connectivity index (χ0n) is 15.5. The quantitative estimate of drug-likeness (QED) is 0.683. The van der Waals surface area contributed by atoms with E-state index in [4.69, 9.17) is 5.26 Å². The van der Waals surface area contributed by atoms with Gasteiger partial charge in [-0.25, -0.2) is 9.69 Å². The number of anilines is 2. The van der Waals surface area contributed by atoms with Crippen molar-refractivity contribution in [3.63, 3.8) is 0 Å². The lowest BCUT2D eigenvalue weighted by Crippen LogP contribution is -2.55. The fourth-order valence-corrected chi connectivity index (χ4v) is 3.91. The predicted octanol–water partition coefficient (Wildman–Crippen LogP) is 4.78. The van der Waals surface area contributed by atoms with Crippen molar-refractivity contribution in [3.05, 3.63) is 59.2 Å². The number of benzene rings is 2. The summed E-state index contributed by atoms with van der Waals surface area (Å²) in [5, 5.41) is 8.98. The Bertz CT molecular complexity index is 1050. The van der Waals surface area contributed by atoms with Gasteiger partial charge in [-0.1, -0.05) is 17.7 Å². The van der Waals surface area contributed by atoms with E-state index in [1.807, 2.05) is 19.1 Å². The number of carbonyl (C=O) groups is 2. The van der Waals surface area contributed by atoms with Crippen LogP contribution in [0.5, 0.6) is 0 Å². The van der Waals surface area contributed by atoms with Gasteiger partial charge in [0.25, 0.3) is 5.91 Å². The number of amides is 3. The predicted molar refractivity (Wildman–Crippen MR) is 99.3 cm³/mol. The molecule has 1 saturated heterocycles. The van der Waals surface area contributed by atoms with Crippen LogP contribution in [0, 0.1) is 18.3 Å². The van der Waals surface area contributed by atoms with Gasteiger partial charge in [0.05, 0.1) is 22.9 Å². The Hall–Kier alpha value is -3.34. The van der Waals surface area contributed by atoms with E-state index in [1.165, 1.54) is 17.0 Å². The van der Waals surface area contributed by atoms with Gasteiger partial charge in [-0.05, 0) is 56.5 Å². The van der Waals surface area contributed by atoms with Gasteiger partial charge in [-0.2, -0.15) is 18.4 Å². The SMILES string of the molecule is Cc1ccc(N2C(=O)N(c3ccc(C#N)c(C(F)(F)F)c3)C(=O)C23CCC3)cc1. The number of imide groups is 1. The van der Waals surface area contributed by atoms with Crippen molar-refractivity contribution in [1.29, 1.82) is 5.26 Å². The monoisotopic (exact) mass is 399 g/mol. The average molecular weight is 399 g/mol. The molecule has 1 spiro atoms. The molecule has 1 aliphatic carbocycles. The Kier molecular flexibility index (Phi) is 4.15. The lowest BCUT2D eigenvalue weighted by Gasteiger charge is -2.42. The Morgan fingerprint density at radius 3 is 2.17 bits per heavy atom. The van der Waals surface area contributed by atoms with Crippen molar-refractivity contribution < 1.29 is 22.8 Å². The van der Waals surface area contributed by atoms with Crippen LogP contribution in [0.3, 0.4) is 0 Å². The van der Waals surface area contributed by atoms with E-state index in [1.54, 1.807) is 12.1 Å². The van der Waals surface area contributed by atoms with Gasteiger partial charge in [-0.15, -0.1) is 0 Å². The van der Waals surface area contributed by atoms with Crippen LogP contribution in [-0.4, -0.2) is 17.5 Å². The minimum absolute atomic E-state index is 0.188. The molecule has 0 bridgehead atoms. The Morgan fingerprint density at radius 2 is 1.66 bits per heavy atom. The minimum atomic E-state index is -4.78. The highest BCUT2D eigenvalue weighted by Gasteiger charge is 2.61. The Morgan fingerprint density at radius 1 is 1.03 bits per heavy atom. The molecule has 4 rings (SSSR count). The summed E-state index contributed by atoms with van der Waals surface area (Å²) in [6.45, 7) is 1.89. The molecule has 148 valence electrons. The third kappa shape index (κ3) is 2.77. The molecular weight excluding hydrogens is 383 g/mol. The standard InChI is InChI=1S/C21H16F3N3O2/c1-13-3-6-15(7-4-13)27-19(29)26(18(28)20(27)9-2-10-20)16-8-5-14(12-25)17(11-16)21(22,23)24/h3-8,11H,2,9-10H2,1H3. The van der Waals surface area contributed by atoms with Gasteiger partial charge < -0.3 is 0 Å². The smallest absolute Gasteiger partial charge is 0.278 e. The van der Waals surface area contributed by atoms with Crippen LogP contribution in [0.25, 0.3) is 0 Å². The third-order valence-corrected chi connectivity index (χ3v) is 5.57. The maximum atomic E-state index is 13.4. The van der Waals surface area contributed by atoms with Gasteiger partial charge in [0.2, 0.25) is 0 Å². The molecule has 0 aromatic heterocycles. The van der Waals surface area contributed by atoms with Crippen molar-refractivity contribution in [3.8, 4) is 6.07 Å². The first kappa shape index (κ1) is 19.0. The van der Waals surface area contributed by atoms with Crippen molar-refractivity contribution in [1.82, 2.24) is 0 Å². The molecule has 0 radical (unpaired) electrons. The van der Waals surface area contributed by atoms with E-state index in [-0.39, 0.29) is 5.69 Å². The molecule has 0 N–H and O–H groups in total. The molecule has 3 amide bonds. The van der Waals surface area contributed by atoms with Crippen molar-refractivity contribution in [2.24, 2.45) is 0 Å². The molecule has 5 nitrogen and oxygen atoms in total. The van der Waals surface area contributed by atoms with E-state index >= 15 is 0 Å². The van der Waals surface area contributed by atoms with Gasteiger partial charge in [0.15, 0.2) is 0 Å². The minimum Gasteiger partial charge on any atom is -0.278 e. The summed E-state index contributed by atoms with van der Waals surface area (Å²) in [5.74, 6) is -0.535. The third-order valence-electron chi connectivity index (χ3n) is 5.57. The van der Waals surface area contributed by atoms with Crippen LogP contribution in [-0.2, 0) is 11.0 Å². The summed E-state index contributed by atoms with van der Waals surface area (Å²) in [4.78, 5) is 28.6. The van der Waals surface area contributed by atoms with Crippen LogP contribution < -0.4 is 9.80 Å². The molecule has 2 aromatic carbocycles. The lowest BCUT2D eigenvalue weighted by atomic mass is 9.75. The van der Waals surface area contributed by atoms with Crippen molar-refractivity contribution >= 4 is 23.3 Å². The van der Waals surface area contributed by atoms with Crippen LogP contribution in [0.2, 0.25) is 0 Å². The van der Waals surface area contributed by atoms with E-state index in [0.717, 1.165) is 23.0 Å². The summed E-state index contributed by atoms with van der Waals surface area (Å²) in [6, 6.07) is 10.8. The van der Waals surface area contributed by atoms with Crippen molar-refractivity contribution in [2.75, 3.05) is 9.80 Å². The normalized spacial score (nSPS) is 18.2. The summed E-state index contributed by atoms with van der Waals surface area (Å²) in [6.07, 6.45) is -3.14. The first-order valence-electron chi connectivity index (χ1n) is 9.06. The number of halogens is 3. The second-order valence-corrected chi connectivity index (χ2v) is 7.32. The molecule has 2 fully saturated rings. The van der Waals surface area contributed by atoms with E-state index < -0.39 is 34.8 Å². The maximum absolute atomic E-state index is 13.4. The molecule has 0 unspecified atom stereocenters. The number of nitriles is 1. The fraction of sp³-hybridized carbons (Fsp3) is 0.286. The summed E-state index contributed by atoms with van der Waals surface area (Å²) < 4.78 is 40.1. The van der Waals surface area contributed by atoms with Crippen LogP contribution in [0.1, 0.15) is 36.0 Å². The number of aryl methyl sites for hydroxylation is 1. The number of nitrogens with zero attached hydrogens (tertiary/aromatic N) is 3. The van der Waals surface area contributed by atoms with Crippen LogP contribution >= 0.6 is 0 Å². The van der Waals surface area contributed by atoms with Gasteiger partial charge in [-0.3, -0.25) is 9.69 Å². The summed E-state index contributed by atoms with van der Waals surface area (Å²) in [7, 11) is 0. The molecule has 1 heterocycles. The Balaban J connectivity index is 1.82. The van der Waals surface area contributed by atoms with E-state index in [2.05, 4.69) is 0 Å². The summed E-state index contributed by atoms with van der Waals surface area (Å²) in [5.41, 5.74) is -1.48. The molecular formula is C21H16F3N3O2. The maximum Gasteiger partial charge on any atom is 0.417 e. The van der Waals surface area contributed by atoms with Gasteiger partial charge in [0, 0.05) is 5.69 Å². The van der Waals surface area contributed by atoms with Crippen LogP contribution in [0.15, 0.2) is 42.5 Å². The number of urea groups is 1. The fourth-order valence-electron chi connectivity index (χ4n) is 3.91. The molecule has 2 aliphatic rings. The number of alkyl halides is 3. The first-order valence-corrected chi connectivity index (χ1v) is 9.06. The van der Waals surface area contributed by atoms with Gasteiger partial charge >= 0.3 is 12.2 Å². The number of hydrogen-bond acceptors (Lipinski definition) is 3. The largest absolute Gasteiger partial charge is 0.417 e. The average Bonchev–Trinajstić information content (AvgIpc) is 2.88. The molecule has 2 aromatic rings. The second kappa shape index (κ2) is 6.34. The highest BCUT2D eigenvalue weighted by molar-refractivity contribution is 6.30. The zero-order valence-corrected chi connectivity index (χ0v) is 15.5. The number of hydrogen-bond donors (Lipinski definition) is 0. The highest BCUT2D eigenvalue weighted by Crippen LogP contribution is 2.48. The molecule has 1 saturated carbocycles. The lowest BCUT2D eigenvalue weighted by molar-refractivity contribution is -0.137. The topological polar surface area (TPSA) is 64.4 Å². The molecule has 0 atom stereocenters. The molecule has 1 aliphatic heterocycles. The van der Waals surface area contributed by atoms with Crippen molar-refractivity contribution in [2.45, 2.75) is 37.9 Å². The van der Waals surface area contributed by atoms with E-state index in [9.17, 15) is 22.8 Å². The number of rotatable bonds is 2. The van der Waals surface area contributed by atoms with E-state index in [0.29, 0.717) is 24.6 Å². The zero-order chi connectivity index (χ0) is 21.0. The van der Waals surface area contributed by atoms with Crippen LogP contribution in [0.4, 0.5) is 29.3 Å². The summed E-state index contributed by atoms with van der Waals surface area (Å²) >= 11 is 0. The molecule has 8 heteroatoms. The number of carbonyl (C=O) groups excluding carboxylic acids is 2. The second-order valence-electron chi connectivity index (χ2n) is 7.32. The first-order chi connectivity index (χ1) is 13.7.